The number of benzene rings is 4. The Morgan fingerprint density at radius 2 is 1.35 bits per heavy atom. The summed E-state index contributed by atoms with van der Waals surface area (Å²) in [4.78, 5) is 0. The van der Waals surface area contributed by atoms with Gasteiger partial charge in [0, 0.05) is 19.6 Å². The fourth-order valence-corrected chi connectivity index (χ4v) is 11.4. The Kier molecular flexibility index (Phi) is 11.5. The van der Waals surface area contributed by atoms with Crippen molar-refractivity contribution in [3.63, 3.8) is 0 Å². The monoisotopic (exact) mass is 672 g/mol. The Bertz CT molecular complexity index is 1570. The van der Waals surface area contributed by atoms with E-state index in [-0.39, 0.29) is 30.5 Å². The largest absolute Gasteiger partial charge is 0.493 e. The molecule has 0 aliphatic carbocycles. The Labute approximate surface area is 285 Å². The molecule has 4 aromatic carbocycles. The summed E-state index contributed by atoms with van der Waals surface area (Å²) in [5.74, 6) is 1.78. The van der Waals surface area contributed by atoms with Crippen LogP contribution in [0.5, 0.6) is 23.0 Å². The van der Waals surface area contributed by atoms with Gasteiger partial charge in [-0.05, 0) is 56.7 Å². The molecule has 4 atom stereocenters. The Morgan fingerprint density at radius 1 is 0.750 bits per heavy atom. The lowest BCUT2D eigenvalue weighted by atomic mass is 9.80. The number of ether oxygens (including phenoxy) is 6. The fraction of sp³-hybridized carbons (Fsp3) is 0.385. The third kappa shape index (κ3) is 7.26. The van der Waals surface area contributed by atoms with E-state index < -0.39 is 20.5 Å². The van der Waals surface area contributed by atoms with Crippen molar-refractivity contribution >= 4 is 18.7 Å². The van der Waals surface area contributed by atoms with Gasteiger partial charge in [0.15, 0.2) is 23.0 Å². The normalized spacial score (nSPS) is 15.4. The lowest BCUT2D eigenvalue weighted by Gasteiger charge is -2.45. The first-order valence-electron chi connectivity index (χ1n) is 16.3. The number of methoxy groups -OCH3 is 3. The van der Waals surface area contributed by atoms with Crippen molar-refractivity contribution in [1.82, 2.24) is 0 Å². The maximum absolute atomic E-state index is 12.0. The minimum absolute atomic E-state index is 0.0432. The highest BCUT2D eigenvalue weighted by molar-refractivity contribution is 6.99. The SMILES string of the molecule is COCO[C@@H](c1ccc(OC)c(OC)c1)[C@@H](CO[Si](c1ccccc1)(c1ccccc1)C(C)(C)C)[C@H](C)C(O)c1ccc2c(c1)OCO2. The van der Waals surface area contributed by atoms with Crippen LogP contribution in [0, 0.1) is 11.8 Å². The van der Waals surface area contributed by atoms with Crippen molar-refractivity contribution in [1.29, 1.82) is 0 Å². The standard InChI is InChI=1S/C39H48O8Si/c1-27(37(40)28-18-21-34-36(22-28)45-26-44-34)32(38(46-25-41-5)29-19-20-33(42-6)35(23-29)43-7)24-47-48(39(2,3)4,30-14-10-8-11-15-30)31-16-12-9-13-17-31/h8-23,27,32,37-38,40H,24-26H2,1-7H3/t27-,32-,37?,38-/m0/s1. The Morgan fingerprint density at radius 3 is 1.94 bits per heavy atom. The Hall–Kier alpha value is -3.86. The molecule has 1 aliphatic rings. The molecule has 5 rings (SSSR count). The third-order valence-electron chi connectivity index (χ3n) is 9.31. The zero-order valence-corrected chi connectivity index (χ0v) is 30.0. The molecule has 0 amide bonds. The zero-order valence-electron chi connectivity index (χ0n) is 29.0. The molecule has 0 aromatic heterocycles. The average Bonchev–Trinajstić information content (AvgIpc) is 3.59. The van der Waals surface area contributed by atoms with Crippen LogP contribution >= 0.6 is 0 Å². The van der Waals surface area contributed by atoms with Crippen LogP contribution in [0.4, 0.5) is 0 Å². The highest BCUT2D eigenvalue weighted by atomic mass is 28.4. The molecule has 9 heteroatoms. The van der Waals surface area contributed by atoms with Gasteiger partial charge < -0.3 is 38.0 Å². The minimum atomic E-state index is -2.95. The molecule has 1 aliphatic heterocycles. The second kappa shape index (κ2) is 15.6. The van der Waals surface area contributed by atoms with Gasteiger partial charge in [-0.15, -0.1) is 0 Å². The lowest BCUT2D eigenvalue weighted by Crippen LogP contribution is -2.67. The summed E-state index contributed by atoms with van der Waals surface area (Å²) in [6.45, 7) is 9.30. The van der Waals surface area contributed by atoms with Gasteiger partial charge in [0.25, 0.3) is 8.32 Å². The minimum Gasteiger partial charge on any atom is -0.493 e. The molecule has 1 N–H and O–H groups in total. The van der Waals surface area contributed by atoms with E-state index in [2.05, 4.69) is 69.3 Å². The molecule has 8 nitrogen and oxygen atoms in total. The van der Waals surface area contributed by atoms with E-state index in [9.17, 15) is 5.11 Å². The van der Waals surface area contributed by atoms with Gasteiger partial charge in [0.2, 0.25) is 6.79 Å². The van der Waals surface area contributed by atoms with E-state index in [1.807, 2.05) is 55.5 Å². The van der Waals surface area contributed by atoms with Crippen molar-refractivity contribution in [3.8, 4) is 23.0 Å². The van der Waals surface area contributed by atoms with Gasteiger partial charge >= 0.3 is 0 Å². The fourth-order valence-electron chi connectivity index (χ4n) is 6.77. The van der Waals surface area contributed by atoms with Gasteiger partial charge in [-0.25, -0.2) is 0 Å². The van der Waals surface area contributed by atoms with Gasteiger partial charge in [0.05, 0.1) is 26.4 Å². The molecule has 48 heavy (non-hydrogen) atoms. The van der Waals surface area contributed by atoms with E-state index in [1.165, 1.54) is 10.4 Å². The smallest absolute Gasteiger partial charge is 0.261 e. The van der Waals surface area contributed by atoms with Crippen LogP contribution in [0.2, 0.25) is 5.04 Å². The topological polar surface area (TPSA) is 84.8 Å². The second-order valence-corrected chi connectivity index (χ2v) is 17.5. The van der Waals surface area contributed by atoms with Crippen molar-refractivity contribution < 1.29 is 38.0 Å². The molecule has 1 heterocycles. The molecular weight excluding hydrogens is 625 g/mol. The quantitative estimate of drug-likeness (QED) is 0.111. The molecule has 0 radical (unpaired) electrons. The predicted octanol–water partition coefficient (Wildman–Crippen LogP) is 6.66. The second-order valence-electron chi connectivity index (χ2n) is 13.2. The van der Waals surface area contributed by atoms with Crippen molar-refractivity contribution in [2.24, 2.45) is 11.8 Å². The molecule has 0 bridgehead atoms. The number of aliphatic hydroxyl groups excluding tert-OH is 1. The molecular formula is C39H48O8Si. The predicted molar refractivity (Wildman–Crippen MR) is 189 cm³/mol. The molecule has 0 fully saturated rings. The first kappa shape index (κ1) is 35.4. The van der Waals surface area contributed by atoms with Gasteiger partial charge in [0.1, 0.15) is 6.79 Å². The zero-order chi connectivity index (χ0) is 34.3. The summed E-state index contributed by atoms with van der Waals surface area (Å²) >= 11 is 0. The summed E-state index contributed by atoms with van der Waals surface area (Å²) in [5, 5.41) is 14.1. The maximum Gasteiger partial charge on any atom is 0.261 e. The first-order chi connectivity index (χ1) is 23.1. The van der Waals surface area contributed by atoms with E-state index >= 15 is 0 Å². The highest BCUT2D eigenvalue weighted by Gasteiger charge is 2.51. The Balaban J connectivity index is 1.63. The summed E-state index contributed by atoms with van der Waals surface area (Å²) in [7, 11) is 1.88. The lowest BCUT2D eigenvalue weighted by molar-refractivity contribution is -0.117. The van der Waals surface area contributed by atoms with E-state index in [4.69, 9.17) is 32.8 Å². The van der Waals surface area contributed by atoms with Crippen LogP contribution in [-0.4, -0.2) is 54.9 Å². The summed E-state index contributed by atoms with van der Waals surface area (Å²) in [6.07, 6.45) is -1.41. The van der Waals surface area contributed by atoms with Crippen LogP contribution in [0.3, 0.4) is 0 Å². The number of aliphatic hydroxyl groups is 1. The van der Waals surface area contributed by atoms with Gasteiger partial charge in [-0.2, -0.15) is 0 Å². The van der Waals surface area contributed by atoms with E-state index in [0.29, 0.717) is 29.6 Å². The first-order valence-corrected chi connectivity index (χ1v) is 18.2. The molecule has 256 valence electrons. The van der Waals surface area contributed by atoms with E-state index in [1.54, 1.807) is 21.3 Å². The average molecular weight is 673 g/mol. The van der Waals surface area contributed by atoms with E-state index in [0.717, 1.165) is 11.1 Å². The number of rotatable bonds is 15. The summed E-state index contributed by atoms with van der Waals surface area (Å²) < 4.78 is 41.9. The number of fused-ring (bicyclic) bond motifs is 1. The van der Waals surface area contributed by atoms with Crippen LogP contribution in [0.1, 0.15) is 51.0 Å². The van der Waals surface area contributed by atoms with Crippen molar-refractivity contribution in [2.45, 2.75) is 44.9 Å². The van der Waals surface area contributed by atoms with Crippen molar-refractivity contribution in [2.75, 3.05) is 41.5 Å². The van der Waals surface area contributed by atoms with Crippen molar-refractivity contribution in [3.05, 3.63) is 108 Å². The summed E-state index contributed by atoms with van der Waals surface area (Å²) in [6, 6.07) is 32.4. The molecule has 0 spiro atoms. The highest BCUT2D eigenvalue weighted by Crippen LogP contribution is 2.44. The third-order valence-corrected chi connectivity index (χ3v) is 14.3. The van der Waals surface area contributed by atoms with Crippen LogP contribution < -0.4 is 29.3 Å². The molecule has 0 saturated heterocycles. The van der Waals surface area contributed by atoms with Crippen LogP contribution in [0.15, 0.2) is 97.1 Å². The molecule has 1 unspecified atom stereocenters. The van der Waals surface area contributed by atoms with Crippen LogP contribution in [0.25, 0.3) is 0 Å². The number of hydrogen-bond acceptors (Lipinski definition) is 8. The summed E-state index contributed by atoms with van der Waals surface area (Å²) in [5.41, 5.74) is 1.57. The van der Waals surface area contributed by atoms with Gasteiger partial charge in [-0.3, -0.25) is 0 Å². The molecule has 0 saturated carbocycles. The molecule has 4 aromatic rings. The maximum atomic E-state index is 12.0. The van der Waals surface area contributed by atoms with Crippen LogP contribution in [-0.2, 0) is 13.9 Å². The van der Waals surface area contributed by atoms with Gasteiger partial charge in [-0.1, -0.05) is 100 Å². The number of hydrogen-bond donors (Lipinski definition) is 1.